The number of nitrogens with zero attached hydrogens (tertiary/aromatic N) is 15. The molecular formula is C86H88F7N23O9. The van der Waals surface area contributed by atoms with Crippen molar-refractivity contribution < 1.29 is 73.8 Å². The number of carbonyl (C=O) groups is 8. The molecule has 4 amide bonds. The summed E-state index contributed by atoms with van der Waals surface area (Å²) in [6.07, 6.45) is -0.180. The summed E-state index contributed by atoms with van der Waals surface area (Å²) in [7, 11) is 0. The average molecular weight is 1720 g/mol. The van der Waals surface area contributed by atoms with Crippen molar-refractivity contribution in [2.24, 2.45) is 22.9 Å². The van der Waals surface area contributed by atoms with E-state index in [1.165, 1.54) is 143 Å². The van der Waals surface area contributed by atoms with E-state index in [2.05, 4.69) is 86.1 Å². The van der Waals surface area contributed by atoms with Crippen LogP contribution in [0.1, 0.15) is 143 Å². The number of aromatic nitrogens is 11. The summed E-state index contributed by atoms with van der Waals surface area (Å²) in [6, 6.07) is 37.2. The number of ketones is 4. The van der Waals surface area contributed by atoms with Gasteiger partial charge in [0.15, 0.2) is 29.0 Å². The molecule has 11 aromatic rings. The molecule has 5 aromatic carbocycles. The van der Waals surface area contributed by atoms with Crippen LogP contribution in [-0.2, 0) is 25.4 Å². The van der Waals surface area contributed by atoms with Gasteiger partial charge >= 0.3 is 6.18 Å². The van der Waals surface area contributed by atoms with Crippen molar-refractivity contribution in [1.29, 1.82) is 0 Å². The molecule has 8 heterocycles. The van der Waals surface area contributed by atoms with Crippen LogP contribution >= 0.6 is 0 Å². The maximum Gasteiger partial charge on any atom is 0.416 e. The van der Waals surface area contributed by atoms with Gasteiger partial charge < -0.3 is 63.6 Å². The predicted octanol–water partition coefficient (Wildman–Crippen LogP) is 10.5. The van der Waals surface area contributed by atoms with Crippen molar-refractivity contribution in [3.63, 3.8) is 0 Å². The average Bonchev–Trinajstić information content (AvgIpc) is 0.794. The largest absolute Gasteiger partial charge is 0.439 e. The number of ether oxygens (including phenoxy) is 1. The van der Waals surface area contributed by atoms with Gasteiger partial charge in [0.1, 0.15) is 80.9 Å². The number of nitrogens with one attached hydrogen (secondary N) is 4. The molecular weight excluding hydrogens is 1630 g/mol. The molecule has 0 spiro atoms. The molecule has 0 bridgehead atoms. The topological polar surface area (TPSA) is 453 Å². The smallest absolute Gasteiger partial charge is 0.416 e. The Hall–Kier alpha value is -14.9. The van der Waals surface area contributed by atoms with Crippen LogP contribution in [0, 0.1) is 23.3 Å². The number of nitrogens with two attached hydrogens (primary N) is 4. The van der Waals surface area contributed by atoms with Crippen LogP contribution in [0.5, 0.6) is 11.6 Å². The Morgan fingerprint density at radius 2 is 0.784 bits per heavy atom. The fourth-order valence-corrected chi connectivity index (χ4v) is 12.3. The van der Waals surface area contributed by atoms with E-state index in [-0.39, 0.29) is 104 Å². The lowest BCUT2D eigenvalue weighted by Crippen LogP contribution is -2.48. The van der Waals surface area contributed by atoms with E-state index in [0.717, 1.165) is 28.9 Å². The second kappa shape index (κ2) is 42.0. The summed E-state index contributed by atoms with van der Waals surface area (Å²) in [4.78, 5) is 140. The number of halogens is 7. The Labute approximate surface area is 712 Å². The quantitative estimate of drug-likeness (QED) is 0.0211. The molecule has 2 fully saturated rings. The Morgan fingerprint density at radius 1 is 0.400 bits per heavy atom. The normalized spacial score (nSPS) is 13.8. The van der Waals surface area contributed by atoms with Crippen LogP contribution in [0.25, 0.3) is 11.4 Å². The zero-order valence-electron chi connectivity index (χ0n) is 68.8. The Balaban J connectivity index is 0.000000175. The third-order valence-electron chi connectivity index (χ3n) is 19.7. The lowest BCUT2D eigenvalue weighted by molar-refractivity contribution is -0.137. The second-order valence-corrected chi connectivity index (χ2v) is 28.8. The number of piperazine rings is 2. The van der Waals surface area contributed by atoms with Crippen LogP contribution in [-0.4, -0.2) is 183 Å². The van der Waals surface area contributed by atoms with Gasteiger partial charge in [0.05, 0.1) is 47.9 Å². The number of primary amides is 4. The summed E-state index contributed by atoms with van der Waals surface area (Å²) in [5.74, 6) is -2.41. The highest BCUT2D eigenvalue weighted by Gasteiger charge is 2.33. The highest BCUT2D eigenvalue weighted by molar-refractivity contribution is 5.95. The summed E-state index contributed by atoms with van der Waals surface area (Å²) in [5.41, 5.74) is 25.1. The van der Waals surface area contributed by atoms with Gasteiger partial charge in [-0.25, -0.2) is 52.4 Å². The minimum Gasteiger partial charge on any atom is -0.439 e. The van der Waals surface area contributed by atoms with E-state index in [9.17, 15) is 69.1 Å². The fourth-order valence-electron chi connectivity index (χ4n) is 12.3. The molecule has 2 saturated heterocycles. The van der Waals surface area contributed by atoms with Crippen LogP contribution in [0.2, 0.25) is 0 Å². The van der Waals surface area contributed by atoms with Crippen LogP contribution < -0.4 is 63.6 Å². The number of benzene rings is 5. The Kier molecular flexibility index (Phi) is 31.1. The van der Waals surface area contributed by atoms with Gasteiger partial charge in [0.2, 0.25) is 17.8 Å². The van der Waals surface area contributed by atoms with Crippen molar-refractivity contribution in [3.05, 3.63) is 262 Å². The molecule has 2 aliphatic rings. The van der Waals surface area contributed by atoms with Crippen LogP contribution in [0.15, 0.2) is 182 Å². The summed E-state index contributed by atoms with van der Waals surface area (Å²) < 4.78 is 97.9. The SMILES string of the molecule is CC(=O)[C@H](C)Nc1cc(C(N)=O)nc(-c2ccc(Oc3ccc(F)cc3)nc2)n1.CC(=O)[C@H](C)Nc1cc(C(N)=O)nc(C(c2ccc(C(F)(F)F)cc2)c2ccnnc2)n1.CC(=O)[C@H](C)Nc1cc(C(N)=O)nc(N2CCN(C(c3ccc(F)cc3)c3ccc(F)cc3)CC2)n1.CC(=O)[C@H](C)Nc1cc(C(N)=O)nc(N2CCN(c3ccc(F)cc3)CC2)n1. The first kappa shape index (κ1) is 92.4. The van der Waals surface area contributed by atoms with E-state index in [1.807, 2.05) is 9.80 Å². The Bertz CT molecular complexity index is 5580. The van der Waals surface area contributed by atoms with Gasteiger partial charge in [0, 0.05) is 106 Å². The monoisotopic (exact) mass is 1720 g/mol. The molecule has 2 aliphatic heterocycles. The molecule has 32 nitrogen and oxygen atoms in total. The molecule has 12 N–H and O–H groups in total. The standard InChI is InChI=1S/C26H28F2N6O2.C21H19F3N6O2.C20H18FN5O3.C19H23FN6O2/c1-16(17(2)35)30-23-15-22(25(29)36)31-26(32-23)34-13-11-33(12-14-34)24(18-3-7-20(27)8-4-18)19-5-9-21(28)10-6-19;1-11(12(2)31)28-17-9-16(19(25)32)29-20(30-17)18(14-7-8-26-27-10-14)13-3-5-15(6-4-13)21(22,23)24;1-11(12(2)27)24-17-9-16(19(22)28)25-20(26-17)13-3-8-18(23-10-13)29-15-6-4-14(21)5-7-15;1-12(13(2)27)22-17-11-16(18(21)28)23-19(24-17)26-9-7-25(8-10-26)15-5-3-14(20)4-6-15/h3-10,15-16,24H,11-14H2,1-2H3,(H2,29,36)(H,30,31,32);3-11,18H,1-2H3,(H2,25,32)(H,28,29,30);3-11H,1-2H3,(H2,22,28)(H,24,25,26);3-6,11-12H,7-10H2,1-2H3,(H2,21,28)(H,22,23,24)/t16-;11-,18?;11-;12-/m0000/s1. The number of pyridine rings is 1. The molecule has 125 heavy (non-hydrogen) atoms. The van der Waals surface area contributed by atoms with Crippen molar-refractivity contribution in [2.45, 2.75) is 97.7 Å². The van der Waals surface area contributed by atoms with Gasteiger partial charge in [-0.1, -0.05) is 36.4 Å². The summed E-state index contributed by atoms with van der Waals surface area (Å²) in [5, 5.41) is 19.3. The van der Waals surface area contributed by atoms with E-state index >= 15 is 0 Å². The maximum atomic E-state index is 13.6. The predicted molar refractivity (Wildman–Crippen MR) is 451 cm³/mol. The van der Waals surface area contributed by atoms with Crippen LogP contribution in [0.4, 0.5) is 71.6 Å². The molecule has 0 aliphatic carbocycles. The third kappa shape index (κ3) is 26.1. The number of rotatable bonds is 28. The van der Waals surface area contributed by atoms with E-state index in [0.29, 0.717) is 98.3 Å². The highest BCUT2D eigenvalue weighted by atomic mass is 19.4. The zero-order chi connectivity index (χ0) is 90.5. The molecule has 650 valence electrons. The van der Waals surface area contributed by atoms with Gasteiger partial charge in [-0.3, -0.25) is 43.3 Å². The number of hydrogen-bond donors (Lipinski definition) is 8. The highest BCUT2D eigenvalue weighted by Crippen LogP contribution is 2.36. The zero-order valence-corrected chi connectivity index (χ0v) is 68.8. The summed E-state index contributed by atoms with van der Waals surface area (Å²) in [6.45, 7) is 17.4. The van der Waals surface area contributed by atoms with Crippen molar-refractivity contribution in [1.82, 2.24) is 60.0 Å². The van der Waals surface area contributed by atoms with Crippen molar-refractivity contribution >= 4 is 87.6 Å². The second-order valence-electron chi connectivity index (χ2n) is 28.8. The summed E-state index contributed by atoms with van der Waals surface area (Å²) >= 11 is 0. The number of Topliss-reactive ketones (excluding diaryl/α,β-unsaturated/α-hetero) is 4. The minimum atomic E-state index is -4.49. The van der Waals surface area contributed by atoms with Gasteiger partial charge in [-0.15, -0.1) is 0 Å². The van der Waals surface area contributed by atoms with Gasteiger partial charge in [-0.2, -0.15) is 33.3 Å². The Morgan fingerprint density at radius 3 is 1.18 bits per heavy atom. The van der Waals surface area contributed by atoms with E-state index in [1.54, 1.807) is 82.3 Å². The van der Waals surface area contributed by atoms with Gasteiger partial charge in [-0.05, 0) is 175 Å². The molecule has 0 radical (unpaired) electrons. The maximum absolute atomic E-state index is 13.6. The molecule has 1 unspecified atom stereocenters. The van der Waals surface area contributed by atoms with E-state index < -0.39 is 65.5 Å². The third-order valence-corrected chi connectivity index (χ3v) is 19.7. The number of alkyl halides is 3. The molecule has 6 aromatic heterocycles. The lowest BCUT2D eigenvalue weighted by atomic mass is 9.91. The van der Waals surface area contributed by atoms with Crippen LogP contribution in [0.3, 0.4) is 0 Å². The first-order valence-electron chi connectivity index (χ1n) is 38.8. The minimum absolute atomic E-state index is 0.000101. The first-order chi connectivity index (χ1) is 59.4. The fraction of sp³-hybridized carbons (Fsp3) is 0.267. The molecule has 5 atom stereocenters. The number of amides is 4. The molecule has 0 saturated carbocycles. The number of carbonyl (C=O) groups excluding carboxylic acids is 8. The molecule has 39 heteroatoms. The van der Waals surface area contributed by atoms with Crippen molar-refractivity contribution in [3.8, 4) is 23.0 Å². The number of anilines is 7. The molecule has 13 rings (SSSR count). The van der Waals surface area contributed by atoms with Gasteiger partial charge in [0.25, 0.3) is 23.6 Å². The van der Waals surface area contributed by atoms with E-state index in [4.69, 9.17) is 27.7 Å². The first-order valence-corrected chi connectivity index (χ1v) is 38.8. The lowest BCUT2D eigenvalue weighted by Gasteiger charge is -2.40. The van der Waals surface area contributed by atoms with Crippen molar-refractivity contribution in [2.75, 3.05) is 88.3 Å². The number of hydrogen-bond acceptors (Lipinski definition) is 28.